The molecule has 1 saturated heterocycles. The number of amides is 1. The van der Waals surface area contributed by atoms with Gasteiger partial charge in [0.25, 0.3) is 5.91 Å². The van der Waals surface area contributed by atoms with Gasteiger partial charge in [0, 0.05) is 10.4 Å². The van der Waals surface area contributed by atoms with E-state index in [9.17, 15) is 9.18 Å². The highest BCUT2D eigenvalue weighted by molar-refractivity contribution is 7.14. The zero-order valence-electron chi connectivity index (χ0n) is 16.4. The fraction of sp³-hybridized carbons (Fsp3) is 0.500. The molecule has 6 heteroatoms. The number of piperazine rings is 1. The molecule has 2 aromatic rings. The molecule has 0 radical (unpaired) electrons. The lowest BCUT2D eigenvalue weighted by Gasteiger charge is -2.32. The molecule has 4 nitrogen and oxygen atoms in total. The fourth-order valence-electron chi connectivity index (χ4n) is 4.24. The van der Waals surface area contributed by atoms with Crippen LogP contribution in [0.2, 0.25) is 0 Å². The van der Waals surface area contributed by atoms with Gasteiger partial charge in [0.15, 0.2) is 11.6 Å². The van der Waals surface area contributed by atoms with Crippen molar-refractivity contribution in [1.29, 1.82) is 0 Å². The predicted molar refractivity (Wildman–Crippen MR) is 109 cm³/mol. The van der Waals surface area contributed by atoms with Gasteiger partial charge in [-0.1, -0.05) is 6.42 Å². The van der Waals surface area contributed by atoms with Crippen LogP contribution in [0.15, 0.2) is 24.3 Å². The Kier molecular flexibility index (Phi) is 5.97. The van der Waals surface area contributed by atoms with Crippen molar-refractivity contribution in [2.75, 3.05) is 33.3 Å². The fourth-order valence-corrected chi connectivity index (χ4v) is 5.46. The average Bonchev–Trinajstić information content (AvgIpc) is 2.99. The molecule has 1 aliphatic carbocycles. The van der Waals surface area contributed by atoms with Crippen LogP contribution in [0.4, 0.5) is 4.39 Å². The maximum absolute atomic E-state index is 13.9. The van der Waals surface area contributed by atoms with Crippen LogP contribution in [0, 0.1) is 5.82 Å². The molecule has 1 fully saturated rings. The van der Waals surface area contributed by atoms with Crippen molar-refractivity contribution < 1.29 is 18.8 Å². The predicted octanol–water partition coefficient (Wildman–Crippen LogP) is 2.71. The van der Waals surface area contributed by atoms with Crippen molar-refractivity contribution in [3.8, 4) is 5.75 Å². The minimum atomic E-state index is -0.314. The largest absolute Gasteiger partial charge is 0.494 e. The Hall–Kier alpha value is -1.92. The third-order valence-electron chi connectivity index (χ3n) is 5.89. The topological polar surface area (TPSA) is 34.0 Å². The number of ether oxygens (including phenoxy) is 1. The Balaban J connectivity index is 1.33. The van der Waals surface area contributed by atoms with E-state index >= 15 is 0 Å². The van der Waals surface area contributed by atoms with Crippen molar-refractivity contribution >= 4 is 17.2 Å². The van der Waals surface area contributed by atoms with Crippen molar-refractivity contribution in [1.82, 2.24) is 4.90 Å². The first-order chi connectivity index (χ1) is 13.6. The molecular weight excluding hydrogens is 375 g/mol. The van der Waals surface area contributed by atoms with E-state index in [0.717, 1.165) is 56.0 Å². The molecule has 1 N–H and O–H groups in total. The monoisotopic (exact) mass is 403 g/mol. The molecule has 2 heterocycles. The number of benzene rings is 1. The lowest BCUT2D eigenvalue weighted by molar-refractivity contribution is -0.917. The molecule has 0 spiro atoms. The first kappa shape index (κ1) is 19.4. The first-order valence-electron chi connectivity index (χ1n) is 10.2. The number of methoxy groups -OCH3 is 1. The second kappa shape index (κ2) is 8.62. The highest BCUT2D eigenvalue weighted by Gasteiger charge is 2.27. The Morgan fingerprint density at radius 1 is 1.18 bits per heavy atom. The molecule has 0 unspecified atom stereocenters. The molecule has 0 saturated carbocycles. The highest BCUT2D eigenvalue weighted by atomic mass is 32.1. The Morgan fingerprint density at radius 3 is 2.71 bits per heavy atom. The number of carbonyl (C=O) groups excluding carboxylic acids is 1. The molecule has 4 rings (SSSR count). The third-order valence-corrected chi connectivity index (χ3v) is 7.11. The molecule has 1 aromatic carbocycles. The molecule has 2 aliphatic rings. The number of thiophene rings is 1. The van der Waals surface area contributed by atoms with Gasteiger partial charge in [-0.3, -0.25) is 4.79 Å². The van der Waals surface area contributed by atoms with Crippen LogP contribution in [0.25, 0.3) is 0 Å². The van der Waals surface area contributed by atoms with Crippen LogP contribution in [0.3, 0.4) is 0 Å². The average molecular weight is 404 g/mol. The van der Waals surface area contributed by atoms with E-state index in [2.05, 4.69) is 6.07 Å². The molecule has 1 amide bonds. The zero-order chi connectivity index (χ0) is 19.5. The van der Waals surface area contributed by atoms with Crippen LogP contribution in [0.1, 0.15) is 44.9 Å². The molecular formula is C22H28FN2O2S+. The van der Waals surface area contributed by atoms with Gasteiger partial charge in [-0.25, -0.2) is 4.39 Å². The summed E-state index contributed by atoms with van der Waals surface area (Å²) >= 11 is 1.71. The number of fused-ring (bicyclic) bond motifs is 1. The number of aryl methyl sites for hydroxylation is 2. The maximum Gasteiger partial charge on any atom is 0.264 e. The number of quaternary nitrogens is 1. The van der Waals surface area contributed by atoms with Crippen LogP contribution in [0.5, 0.6) is 5.75 Å². The molecule has 1 aliphatic heterocycles. The molecule has 1 aromatic heterocycles. The molecule has 0 atom stereocenters. The van der Waals surface area contributed by atoms with Crippen molar-refractivity contribution in [3.63, 3.8) is 0 Å². The Bertz CT molecular complexity index is 820. The van der Waals surface area contributed by atoms with Gasteiger partial charge in [0.05, 0.1) is 38.2 Å². The summed E-state index contributed by atoms with van der Waals surface area (Å²) in [6.07, 6.45) is 6.03. The van der Waals surface area contributed by atoms with E-state index in [1.807, 2.05) is 11.0 Å². The lowest BCUT2D eigenvalue weighted by Crippen LogP contribution is -3.13. The van der Waals surface area contributed by atoms with Gasteiger partial charge in [-0.15, -0.1) is 11.3 Å². The normalized spacial score (nSPS) is 17.9. The van der Waals surface area contributed by atoms with Gasteiger partial charge in [0.1, 0.15) is 6.54 Å². The Labute approximate surface area is 169 Å². The van der Waals surface area contributed by atoms with Crippen LogP contribution in [-0.4, -0.2) is 44.1 Å². The number of hydrogen-bond acceptors (Lipinski definition) is 3. The smallest absolute Gasteiger partial charge is 0.264 e. The SMILES string of the molecule is COc1ccc(C[NH+]2CCN(C(=O)c3cc4c(s3)CCCCC4)CC2)cc1F. The van der Waals surface area contributed by atoms with Gasteiger partial charge in [-0.2, -0.15) is 0 Å². The molecule has 0 bridgehead atoms. The quantitative estimate of drug-likeness (QED) is 0.797. The van der Waals surface area contributed by atoms with Gasteiger partial charge in [-0.05, 0) is 55.5 Å². The van der Waals surface area contributed by atoms with E-state index < -0.39 is 0 Å². The van der Waals surface area contributed by atoms with Gasteiger partial charge in [0.2, 0.25) is 0 Å². The number of nitrogens with one attached hydrogen (secondary N) is 1. The van der Waals surface area contributed by atoms with E-state index in [0.29, 0.717) is 0 Å². The summed E-state index contributed by atoms with van der Waals surface area (Å²) in [7, 11) is 1.48. The number of hydrogen-bond donors (Lipinski definition) is 1. The zero-order valence-corrected chi connectivity index (χ0v) is 17.2. The van der Waals surface area contributed by atoms with E-state index in [1.54, 1.807) is 23.5 Å². The van der Waals surface area contributed by atoms with Crippen molar-refractivity contribution in [2.24, 2.45) is 0 Å². The Morgan fingerprint density at radius 2 is 1.96 bits per heavy atom. The standard InChI is InChI=1S/C22H27FN2O2S/c1-27-19-8-7-16(13-18(19)23)15-24-9-11-25(12-10-24)22(26)21-14-17-5-3-2-4-6-20(17)28-21/h7-8,13-14H,2-6,9-12,15H2,1H3/p+1. The second-order valence-corrected chi connectivity index (χ2v) is 8.94. The van der Waals surface area contributed by atoms with Crippen molar-refractivity contribution in [2.45, 2.75) is 38.6 Å². The minimum Gasteiger partial charge on any atom is -0.494 e. The van der Waals surface area contributed by atoms with Gasteiger partial charge < -0.3 is 14.5 Å². The summed E-state index contributed by atoms with van der Waals surface area (Å²) in [5.74, 6) is 0.154. The second-order valence-electron chi connectivity index (χ2n) is 7.81. The summed E-state index contributed by atoms with van der Waals surface area (Å²) in [5.41, 5.74) is 2.37. The third kappa shape index (κ3) is 4.23. The molecule has 28 heavy (non-hydrogen) atoms. The highest BCUT2D eigenvalue weighted by Crippen LogP contribution is 2.29. The maximum atomic E-state index is 13.9. The minimum absolute atomic E-state index is 0.188. The van der Waals surface area contributed by atoms with Crippen LogP contribution < -0.4 is 9.64 Å². The summed E-state index contributed by atoms with van der Waals surface area (Å²) < 4.78 is 18.9. The van der Waals surface area contributed by atoms with Crippen LogP contribution >= 0.6 is 11.3 Å². The van der Waals surface area contributed by atoms with E-state index in [1.165, 1.54) is 41.7 Å². The number of rotatable bonds is 4. The van der Waals surface area contributed by atoms with Gasteiger partial charge >= 0.3 is 0 Å². The summed E-state index contributed by atoms with van der Waals surface area (Å²) in [5, 5.41) is 0. The first-order valence-corrected chi connectivity index (χ1v) is 11.0. The summed E-state index contributed by atoms with van der Waals surface area (Å²) in [6.45, 7) is 4.08. The summed E-state index contributed by atoms with van der Waals surface area (Å²) in [4.78, 5) is 18.7. The lowest BCUT2D eigenvalue weighted by atomic mass is 10.1. The van der Waals surface area contributed by atoms with E-state index in [-0.39, 0.29) is 17.5 Å². The van der Waals surface area contributed by atoms with Crippen molar-refractivity contribution in [3.05, 3.63) is 51.0 Å². The molecule has 150 valence electrons. The van der Waals surface area contributed by atoms with Crippen LogP contribution in [-0.2, 0) is 19.4 Å². The number of halogens is 1. The number of carbonyl (C=O) groups is 1. The van der Waals surface area contributed by atoms with E-state index in [4.69, 9.17) is 4.74 Å². The number of nitrogens with zero attached hydrogens (tertiary/aromatic N) is 1. The summed E-state index contributed by atoms with van der Waals surface area (Å²) in [6, 6.07) is 7.31.